The molecule has 0 radical (unpaired) electrons. The molecule has 3 heterocycles. The zero-order valence-corrected chi connectivity index (χ0v) is 23.7. The van der Waals surface area contributed by atoms with Crippen molar-refractivity contribution in [3.05, 3.63) is 139 Å². The van der Waals surface area contributed by atoms with Gasteiger partial charge in [-0.1, -0.05) is 48.5 Å². The summed E-state index contributed by atoms with van der Waals surface area (Å²) in [5, 5.41) is 0. The third-order valence-corrected chi connectivity index (χ3v) is 8.64. The van der Waals surface area contributed by atoms with E-state index in [1.165, 1.54) is 12.1 Å². The first-order valence-corrected chi connectivity index (χ1v) is 14.4. The molecule has 3 aromatic carbocycles. The molecule has 2 aliphatic heterocycles. The highest BCUT2D eigenvalue weighted by Crippen LogP contribution is 2.43. The Bertz CT molecular complexity index is 1790. The van der Waals surface area contributed by atoms with Crippen LogP contribution in [0.25, 0.3) is 0 Å². The van der Waals surface area contributed by atoms with E-state index in [9.17, 15) is 31.5 Å². The highest BCUT2D eigenvalue weighted by atomic mass is 19.4. The minimum Gasteiger partial charge on any atom is -0.364 e. The molecular formula is C33H30F5N3O3. The van der Waals surface area contributed by atoms with E-state index in [4.69, 9.17) is 4.74 Å². The predicted octanol–water partition coefficient (Wildman–Crippen LogP) is 5.62. The molecule has 1 fully saturated rings. The molecule has 2 aliphatic rings. The van der Waals surface area contributed by atoms with Crippen LogP contribution < -0.4 is 11.2 Å². The molecule has 0 unspecified atom stereocenters. The number of benzene rings is 3. The molecular weight excluding hydrogens is 581 g/mol. The first-order chi connectivity index (χ1) is 21.1. The highest BCUT2D eigenvalue weighted by molar-refractivity contribution is 5.35. The van der Waals surface area contributed by atoms with Gasteiger partial charge in [0.25, 0.3) is 5.56 Å². The van der Waals surface area contributed by atoms with Crippen LogP contribution in [0.4, 0.5) is 22.0 Å². The monoisotopic (exact) mass is 611 g/mol. The fourth-order valence-electron chi connectivity index (χ4n) is 6.38. The van der Waals surface area contributed by atoms with Crippen LogP contribution in [0.15, 0.2) is 82.4 Å². The van der Waals surface area contributed by atoms with Crippen LogP contribution >= 0.6 is 0 Å². The number of piperidine rings is 1. The highest BCUT2D eigenvalue weighted by Gasteiger charge is 2.47. The normalized spacial score (nSPS) is 16.4. The molecule has 44 heavy (non-hydrogen) atoms. The van der Waals surface area contributed by atoms with E-state index in [1.807, 2.05) is 36.4 Å². The van der Waals surface area contributed by atoms with E-state index in [-0.39, 0.29) is 30.2 Å². The SMILES string of the molecule is O=c1c2c(n(Cc3c(F)cccc3C(F)(F)F)c(=O)n1CCc1ccccc1)COC21CCN(Cc2cccc(F)c2)CC1. The number of fused-ring (bicyclic) bond motifs is 2. The maximum atomic E-state index is 14.9. The Morgan fingerprint density at radius 1 is 0.818 bits per heavy atom. The zero-order valence-electron chi connectivity index (χ0n) is 23.7. The number of rotatable bonds is 7. The van der Waals surface area contributed by atoms with Crippen molar-refractivity contribution in [3.63, 3.8) is 0 Å². The Morgan fingerprint density at radius 2 is 1.52 bits per heavy atom. The van der Waals surface area contributed by atoms with E-state index in [1.54, 1.807) is 6.07 Å². The largest absolute Gasteiger partial charge is 0.416 e. The number of alkyl halides is 3. The summed E-state index contributed by atoms with van der Waals surface area (Å²) in [7, 11) is 0. The van der Waals surface area contributed by atoms with Gasteiger partial charge in [0.2, 0.25) is 0 Å². The van der Waals surface area contributed by atoms with E-state index >= 15 is 0 Å². The first kappa shape index (κ1) is 30.0. The molecule has 0 N–H and O–H groups in total. The summed E-state index contributed by atoms with van der Waals surface area (Å²) in [5.74, 6) is -1.43. The second kappa shape index (κ2) is 11.8. The second-order valence-corrected chi connectivity index (χ2v) is 11.3. The zero-order chi connectivity index (χ0) is 31.1. The number of aryl methyl sites for hydroxylation is 1. The molecule has 1 aromatic heterocycles. The van der Waals surface area contributed by atoms with Crippen molar-refractivity contribution in [2.24, 2.45) is 0 Å². The standard InChI is InChI=1S/C33H30F5N3O3/c34-24-9-4-8-23(18-24)19-39-16-13-32(14-17-39)29-28(21-44-32)41(20-25-26(33(36,37)38)10-5-11-27(25)35)31(43)40(30(29)42)15-12-22-6-2-1-3-7-22/h1-11,18H,12-17,19-21H2. The fourth-order valence-corrected chi connectivity index (χ4v) is 6.38. The van der Waals surface area contributed by atoms with E-state index in [0.717, 1.165) is 38.5 Å². The summed E-state index contributed by atoms with van der Waals surface area (Å²) < 4.78 is 78.7. The molecule has 6 nitrogen and oxygen atoms in total. The third-order valence-electron chi connectivity index (χ3n) is 8.64. The van der Waals surface area contributed by atoms with E-state index in [2.05, 4.69) is 4.90 Å². The van der Waals surface area contributed by atoms with Crippen molar-refractivity contribution >= 4 is 0 Å². The number of nitrogens with zero attached hydrogens (tertiary/aromatic N) is 3. The molecule has 230 valence electrons. The van der Waals surface area contributed by atoms with Crippen LogP contribution in [-0.2, 0) is 49.2 Å². The van der Waals surface area contributed by atoms with Crippen LogP contribution in [0.5, 0.6) is 0 Å². The maximum Gasteiger partial charge on any atom is 0.416 e. The lowest BCUT2D eigenvalue weighted by Crippen LogP contribution is -2.49. The average Bonchev–Trinajstić information content (AvgIpc) is 3.36. The van der Waals surface area contributed by atoms with E-state index in [0.29, 0.717) is 38.9 Å². The lowest BCUT2D eigenvalue weighted by Gasteiger charge is -2.39. The van der Waals surface area contributed by atoms with Crippen LogP contribution in [0.1, 0.15) is 46.4 Å². The van der Waals surface area contributed by atoms with Gasteiger partial charge in [-0.15, -0.1) is 0 Å². The summed E-state index contributed by atoms with van der Waals surface area (Å²) in [4.78, 5) is 30.0. The minimum atomic E-state index is -4.85. The van der Waals surface area contributed by atoms with Gasteiger partial charge in [0.15, 0.2) is 0 Å². The van der Waals surface area contributed by atoms with Gasteiger partial charge < -0.3 is 4.74 Å². The molecule has 0 aliphatic carbocycles. The summed E-state index contributed by atoms with van der Waals surface area (Å²) in [6.07, 6.45) is -3.75. The van der Waals surface area contributed by atoms with Gasteiger partial charge >= 0.3 is 11.9 Å². The van der Waals surface area contributed by atoms with Crippen molar-refractivity contribution in [2.45, 2.75) is 57.3 Å². The molecule has 0 atom stereocenters. The van der Waals surface area contributed by atoms with Crippen LogP contribution in [0, 0.1) is 11.6 Å². The van der Waals surface area contributed by atoms with Crippen molar-refractivity contribution in [3.8, 4) is 0 Å². The van der Waals surface area contributed by atoms with Gasteiger partial charge in [0, 0.05) is 31.7 Å². The van der Waals surface area contributed by atoms with Crippen molar-refractivity contribution in [1.29, 1.82) is 0 Å². The molecule has 6 rings (SSSR count). The minimum absolute atomic E-state index is 0.0138. The van der Waals surface area contributed by atoms with Crippen molar-refractivity contribution in [2.75, 3.05) is 13.1 Å². The number of hydrogen-bond donors (Lipinski definition) is 0. The van der Waals surface area contributed by atoms with Crippen LogP contribution in [-0.4, -0.2) is 27.1 Å². The van der Waals surface area contributed by atoms with Gasteiger partial charge in [0.1, 0.15) is 17.2 Å². The summed E-state index contributed by atoms with van der Waals surface area (Å²) >= 11 is 0. The van der Waals surface area contributed by atoms with Gasteiger partial charge in [-0.2, -0.15) is 13.2 Å². The Kier molecular flexibility index (Phi) is 8.02. The quantitative estimate of drug-likeness (QED) is 0.255. The Morgan fingerprint density at radius 3 is 2.23 bits per heavy atom. The third kappa shape index (κ3) is 5.73. The Labute approximate surface area is 249 Å². The lowest BCUT2D eigenvalue weighted by molar-refractivity contribution is -0.138. The topological polar surface area (TPSA) is 56.5 Å². The van der Waals surface area contributed by atoms with Gasteiger partial charge in [-0.25, -0.2) is 13.6 Å². The van der Waals surface area contributed by atoms with Crippen molar-refractivity contribution < 1.29 is 26.7 Å². The number of hydrogen-bond acceptors (Lipinski definition) is 4. The van der Waals surface area contributed by atoms with Crippen molar-refractivity contribution in [1.82, 2.24) is 14.0 Å². The Hall–Kier alpha value is -4.09. The maximum absolute atomic E-state index is 14.9. The smallest absolute Gasteiger partial charge is 0.364 e. The molecule has 1 spiro atoms. The molecule has 4 aromatic rings. The van der Waals surface area contributed by atoms with Crippen LogP contribution in [0.2, 0.25) is 0 Å². The number of likely N-dealkylation sites (tertiary alicyclic amines) is 1. The molecule has 0 bridgehead atoms. The summed E-state index contributed by atoms with van der Waals surface area (Å²) in [5.41, 5.74) is -2.19. The van der Waals surface area contributed by atoms with E-state index < -0.39 is 46.5 Å². The second-order valence-electron chi connectivity index (χ2n) is 11.3. The molecule has 0 saturated carbocycles. The molecule has 11 heteroatoms. The average molecular weight is 612 g/mol. The summed E-state index contributed by atoms with van der Waals surface area (Å²) in [6.45, 7) is 0.613. The van der Waals surface area contributed by atoms with Gasteiger partial charge in [0.05, 0.1) is 30.0 Å². The first-order valence-electron chi connectivity index (χ1n) is 14.4. The van der Waals surface area contributed by atoms with Gasteiger partial charge in [-0.3, -0.25) is 18.8 Å². The number of halogens is 5. The molecule has 0 amide bonds. The van der Waals surface area contributed by atoms with Gasteiger partial charge in [-0.05, 0) is 54.7 Å². The van der Waals surface area contributed by atoms with Crippen LogP contribution in [0.3, 0.4) is 0 Å². The number of ether oxygens (including phenoxy) is 1. The lowest BCUT2D eigenvalue weighted by atomic mass is 9.85. The predicted molar refractivity (Wildman–Crippen MR) is 153 cm³/mol. The molecule has 1 saturated heterocycles. The fraction of sp³-hybridized carbons (Fsp3) is 0.333. The number of aromatic nitrogens is 2. The Balaban J connectivity index is 1.40. The summed E-state index contributed by atoms with van der Waals surface area (Å²) in [6, 6.07) is 18.2.